The maximum atomic E-state index is 12.5. The van der Waals surface area contributed by atoms with Crippen molar-refractivity contribution in [1.82, 2.24) is 20.8 Å². The van der Waals surface area contributed by atoms with E-state index in [2.05, 4.69) is 31.3 Å². The van der Waals surface area contributed by atoms with Crippen LogP contribution >= 0.6 is 11.3 Å². The van der Waals surface area contributed by atoms with Crippen LogP contribution in [0.5, 0.6) is 11.5 Å². The first kappa shape index (κ1) is 22.0. The van der Waals surface area contributed by atoms with Gasteiger partial charge in [0.2, 0.25) is 17.8 Å². The number of amides is 2. The lowest BCUT2D eigenvalue weighted by molar-refractivity contribution is -0.118. The summed E-state index contributed by atoms with van der Waals surface area (Å²) in [6, 6.07) is 8.77. The summed E-state index contributed by atoms with van der Waals surface area (Å²) in [5.41, 5.74) is 10.3. The summed E-state index contributed by atoms with van der Waals surface area (Å²) in [5, 5.41) is 4.82. The normalized spacial score (nSPS) is 12.6. The molecule has 3 N–H and O–H groups in total. The molecule has 1 aliphatic rings. The second kappa shape index (κ2) is 9.92. The molecule has 0 bridgehead atoms. The van der Waals surface area contributed by atoms with E-state index >= 15 is 0 Å². The predicted molar refractivity (Wildman–Crippen MR) is 124 cm³/mol. The van der Waals surface area contributed by atoms with E-state index in [0.29, 0.717) is 33.6 Å². The molecule has 3 heterocycles. The zero-order valence-electron chi connectivity index (χ0n) is 17.8. The molecule has 3 aromatic rings. The second-order valence-electron chi connectivity index (χ2n) is 6.86. The molecular formula is C22H20N6O4S. The smallest absolute Gasteiger partial charge is 0.271 e. The van der Waals surface area contributed by atoms with Crippen molar-refractivity contribution in [2.24, 2.45) is 5.10 Å². The Kier molecular flexibility index (Phi) is 6.60. The molecule has 2 amide bonds. The first-order valence-electron chi connectivity index (χ1n) is 9.86. The van der Waals surface area contributed by atoms with Gasteiger partial charge in [-0.3, -0.25) is 25.4 Å². The van der Waals surface area contributed by atoms with Crippen molar-refractivity contribution >= 4 is 40.1 Å². The van der Waals surface area contributed by atoms with Gasteiger partial charge in [0.1, 0.15) is 5.71 Å². The van der Waals surface area contributed by atoms with Crippen molar-refractivity contribution in [2.75, 3.05) is 12.2 Å². The van der Waals surface area contributed by atoms with E-state index in [1.165, 1.54) is 30.7 Å². The average Bonchev–Trinajstić information content (AvgIpc) is 3.44. The Morgan fingerprint density at radius 3 is 2.73 bits per heavy atom. The van der Waals surface area contributed by atoms with Gasteiger partial charge in [-0.15, -0.1) is 0 Å². The number of aromatic nitrogens is 2. The van der Waals surface area contributed by atoms with Crippen LogP contribution < -0.4 is 25.8 Å². The molecule has 1 aliphatic heterocycles. The lowest BCUT2D eigenvalue weighted by Gasteiger charge is -2.03. The van der Waals surface area contributed by atoms with Gasteiger partial charge in [-0.2, -0.15) is 5.10 Å². The largest absolute Gasteiger partial charge is 0.454 e. The number of allylic oxidation sites excluding steroid dienone is 1. The SMILES string of the molecule is CC(=O)NNc1nc(C)c(C(/C=C\c2ccc3c(c2)OCO3)=N/NC(=O)c2ccncc2)s1. The van der Waals surface area contributed by atoms with Crippen LogP contribution in [0.3, 0.4) is 0 Å². The highest BCUT2D eigenvalue weighted by atomic mass is 32.1. The molecule has 33 heavy (non-hydrogen) atoms. The molecule has 0 saturated carbocycles. The lowest BCUT2D eigenvalue weighted by Crippen LogP contribution is -2.26. The van der Waals surface area contributed by atoms with E-state index < -0.39 is 0 Å². The van der Waals surface area contributed by atoms with Crippen LogP contribution in [0.25, 0.3) is 6.08 Å². The van der Waals surface area contributed by atoms with Crippen LogP contribution in [-0.2, 0) is 4.79 Å². The predicted octanol–water partition coefficient (Wildman–Crippen LogP) is 2.89. The molecule has 2 aromatic heterocycles. The Morgan fingerprint density at radius 1 is 1.15 bits per heavy atom. The van der Waals surface area contributed by atoms with E-state index in [-0.39, 0.29) is 18.6 Å². The lowest BCUT2D eigenvalue weighted by atomic mass is 10.1. The van der Waals surface area contributed by atoms with Crippen LogP contribution in [0.1, 0.15) is 33.4 Å². The molecule has 0 fully saturated rings. The van der Waals surface area contributed by atoms with Crippen molar-refractivity contribution in [3.05, 3.63) is 70.5 Å². The third-order valence-corrected chi connectivity index (χ3v) is 5.52. The summed E-state index contributed by atoms with van der Waals surface area (Å²) in [7, 11) is 0. The summed E-state index contributed by atoms with van der Waals surface area (Å²) in [6.07, 6.45) is 6.69. The number of hydrogen-bond acceptors (Lipinski definition) is 9. The first-order chi connectivity index (χ1) is 16.0. The Hall–Kier alpha value is -4.25. The van der Waals surface area contributed by atoms with Gasteiger partial charge in [0.15, 0.2) is 11.5 Å². The van der Waals surface area contributed by atoms with Gasteiger partial charge < -0.3 is 9.47 Å². The Morgan fingerprint density at radius 2 is 1.94 bits per heavy atom. The molecule has 0 spiro atoms. The number of thiazole rings is 1. The van der Waals surface area contributed by atoms with Gasteiger partial charge in [-0.25, -0.2) is 10.4 Å². The first-order valence-corrected chi connectivity index (χ1v) is 10.7. The number of ether oxygens (including phenoxy) is 2. The van der Waals surface area contributed by atoms with Crippen LogP contribution in [-0.4, -0.2) is 34.3 Å². The number of rotatable bonds is 7. The number of hydrazone groups is 1. The molecule has 0 radical (unpaired) electrons. The van der Waals surface area contributed by atoms with Crippen molar-refractivity contribution in [1.29, 1.82) is 0 Å². The number of carbonyl (C=O) groups excluding carboxylic acids is 2. The minimum atomic E-state index is -0.370. The van der Waals surface area contributed by atoms with E-state index in [4.69, 9.17) is 9.47 Å². The van der Waals surface area contributed by atoms with Gasteiger partial charge >= 0.3 is 0 Å². The maximum Gasteiger partial charge on any atom is 0.271 e. The van der Waals surface area contributed by atoms with Crippen LogP contribution in [0.15, 0.2) is 53.9 Å². The minimum absolute atomic E-state index is 0.195. The number of aryl methyl sites for hydroxylation is 1. The number of pyridine rings is 1. The van der Waals surface area contributed by atoms with Gasteiger partial charge in [-0.1, -0.05) is 23.5 Å². The van der Waals surface area contributed by atoms with Crippen molar-refractivity contribution < 1.29 is 19.1 Å². The molecule has 11 heteroatoms. The molecule has 4 rings (SSSR count). The van der Waals surface area contributed by atoms with Crippen LogP contribution in [0.4, 0.5) is 5.13 Å². The number of nitrogens with one attached hydrogen (secondary N) is 3. The fourth-order valence-electron chi connectivity index (χ4n) is 2.86. The highest BCUT2D eigenvalue weighted by molar-refractivity contribution is 7.17. The third kappa shape index (κ3) is 5.52. The van der Waals surface area contributed by atoms with Gasteiger partial charge in [-0.05, 0) is 42.8 Å². The molecular weight excluding hydrogens is 444 g/mol. The number of nitrogens with zero attached hydrogens (tertiary/aromatic N) is 3. The highest BCUT2D eigenvalue weighted by Gasteiger charge is 2.15. The highest BCUT2D eigenvalue weighted by Crippen LogP contribution is 2.33. The van der Waals surface area contributed by atoms with Gasteiger partial charge in [0, 0.05) is 24.9 Å². The Balaban J connectivity index is 1.62. The van der Waals surface area contributed by atoms with E-state index in [1.54, 1.807) is 18.2 Å². The Bertz CT molecular complexity index is 1240. The van der Waals surface area contributed by atoms with E-state index in [0.717, 1.165) is 10.4 Å². The fraction of sp³-hybridized carbons (Fsp3) is 0.136. The van der Waals surface area contributed by atoms with E-state index in [9.17, 15) is 9.59 Å². The quantitative estimate of drug-likeness (QED) is 0.362. The van der Waals surface area contributed by atoms with Crippen molar-refractivity contribution in [2.45, 2.75) is 13.8 Å². The van der Waals surface area contributed by atoms with Gasteiger partial charge in [0.05, 0.1) is 10.6 Å². The summed E-state index contributed by atoms with van der Waals surface area (Å²) in [5.74, 6) is 0.741. The summed E-state index contributed by atoms with van der Waals surface area (Å²) in [4.78, 5) is 32.7. The summed E-state index contributed by atoms with van der Waals surface area (Å²) >= 11 is 1.29. The third-order valence-electron chi connectivity index (χ3n) is 4.43. The Labute approximate surface area is 193 Å². The van der Waals surface area contributed by atoms with E-state index in [1.807, 2.05) is 31.2 Å². The topological polar surface area (TPSA) is 127 Å². The molecule has 0 saturated heterocycles. The molecule has 1 aromatic carbocycles. The summed E-state index contributed by atoms with van der Waals surface area (Å²) in [6.45, 7) is 3.41. The van der Waals surface area contributed by atoms with Crippen LogP contribution in [0, 0.1) is 6.92 Å². The fourth-order valence-corrected chi connectivity index (χ4v) is 3.75. The standard InChI is InChI=1S/C22H20N6O4S/c1-13-20(33-22(24-13)28-25-14(2)29)17(26-27-21(30)16-7-9-23-10-8-16)5-3-15-4-6-18-19(11-15)32-12-31-18/h3-11H,12H2,1-2H3,(H,24,28)(H,25,29)(H,27,30)/b5-3-,26-17+. The molecule has 0 aliphatic carbocycles. The van der Waals surface area contributed by atoms with Crippen molar-refractivity contribution in [3.8, 4) is 11.5 Å². The number of hydrazine groups is 1. The molecule has 0 unspecified atom stereocenters. The number of carbonyl (C=O) groups is 2. The monoisotopic (exact) mass is 464 g/mol. The van der Waals surface area contributed by atoms with Crippen LogP contribution in [0.2, 0.25) is 0 Å². The number of hydrogen-bond donors (Lipinski definition) is 3. The molecule has 10 nitrogen and oxygen atoms in total. The molecule has 168 valence electrons. The second-order valence-corrected chi connectivity index (χ2v) is 7.86. The number of fused-ring (bicyclic) bond motifs is 1. The minimum Gasteiger partial charge on any atom is -0.454 e. The van der Waals surface area contributed by atoms with Gasteiger partial charge in [0.25, 0.3) is 5.91 Å². The number of anilines is 1. The molecule has 0 atom stereocenters. The summed E-state index contributed by atoms with van der Waals surface area (Å²) < 4.78 is 10.8. The average molecular weight is 465 g/mol. The van der Waals surface area contributed by atoms with Crippen molar-refractivity contribution in [3.63, 3.8) is 0 Å². The number of benzene rings is 1. The maximum absolute atomic E-state index is 12.5. The zero-order chi connectivity index (χ0) is 23.2. The zero-order valence-corrected chi connectivity index (χ0v) is 18.6.